The molecule has 4 aromatic heterocycles. The lowest BCUT2D eigenvalue weighted by Gasteiger charge is -2.03. The monoisotopic (exact) mass is 278 g/mol. The second-order valence-electron chi connectivity index (χ2n) is 5.23. The average Bonchev–Trinajstić information content (AvgIpc) is 3.01. The van der Waals surface area contributed by atoms with Crippen molar-refractivity contribution < 1.29 is 0 Å². The van der Waals surface area contributed by atoms with Gasteiger partial charge in [0, 0.05) is 18.1 Å². The number of aromatic nitrogens is 6. The summed E-state index contributed by atoms with van der Waals surface area (Å²) in [5.41, 5.74) is 5.70. The van der Waals surface area contributed by atoms with Crippen LogP contribution in [0.5, 0.6) is 0 Å². The van der Waals surface area contributed by atoms with E-state index < -0.39 is 0 Å². The quantitative estimate of drug-likeness (QED) is 0.563. The topological polar surface area (TPSA) is 60.9 Å². The van der Waals surface area contributed by atoms with Gasteiger partial charge < -0.3 is 4.40 Å². The van der Waals surface area contributed by atoms with Gasteiger partial charge in [0.1, 0.15) is 11.2 Å². The van der Waals surface area contributed by atoms with E-state index in [1.165, 1.54) is 0 Å². The number of hydrogen-bond acceptors (Lipinski definition) is 4. The Kier molecular flexibility index (Phi) is 2.50. The summed E-state index contributed by atoms with van der Waals surface area (Å²) in [5, 5.41) is 8.35. The molecule has 0 saturated carbocycles. The lowest BCUT2D eigenvalue weighted by Crippen LogP contribution is -2.04. The number of fused-ring (bicyclic) bond motifs is 2. The fourth-order valence-corrected chi connectivity index (χ4v) is 2.49. The molecule has 4 heterocycles. The zero-order valence-electron chi connectivity index (χ0n) is 11.9. The molecule has 0 aliphatic carbocycles. The van der Waals surface area contributed by atoms with E-state index in [0.717, 1.165) is 33.8 Å². The van der Waals surface area contributed by atoms with Crippen LogP contribution in [0.25, 0.3) is 16.8 Å². The SMILES string of the molecule is Cc1ccc2nnn(Cc3ccc4nc(C)cn4c3)c2n1. The van der Waals surface area contributed by atoms with E-state index in [2.05, 4.69) is 32.5 Å². The van der Waals surface area contributed by atoms with Gasteiger partial charge in [0.25, 0.3) is 0 Å². The summed E-state index contributed by atoms with van der Waals surface area (Å²) in [6.45, 7) is 4.60. The Balaban J connectivity index is 1.76. The fourth-order valence-electron chi connectivity index (χ4n) is 2.49. The summed E-state index contributed by atoms with van der Waals surface area (Å²) in [4.78, 5) is 8.95. The molecule has 0 radical (unpaired) electrons. The number of aryl methyl sites for hydroxylation is 2. The van der Waals surface area contributed by atoms with Crippen molar-refractivity contribution >= 4 is 16.8 Å². The van der Waals surface area contributed by atoms with Gasteiger partial charge in [-0.05, 0) is 37.6 Å². The molecule has 0 aromatic carbocycles. The summed E-state index contributed by atoms with van der Waals surface area (Å²) in [6.07, 6.45) is 4.08. The largest absolute Gasteiger partial charge is 0.306 e. The molecule has 0 atom stereocenters. The van der Waals surface area contributed by atoms with Gasteiger partial charge in [-0.3, -0.25) is 0 Å². The minimum atomic E-state index is 0.639. The van der Waals surface area contributed by atoms with Gasteiger partial charge in [0.2, 0.25) is 0 Å². The molecule has 21 heavy (non-hydrogen) atoms. The van der Waals surface area contributed by atoms with E-state index in [4.69, 9.17) is 0 Å². The lowest BCUT2D eigenvalue weighted by molar-refractivity contribution is 0.661. The zero-order chi connectivity index (χ0) is 14.4. The van der Waals surface area contributed by atoms with Gasteiger partial charge in [-0.1, -0.05) is 11.3 Å². The van der Waals surface area contributed by atoms with E-state index in [1.807, 2.05) is 47.3 Å². The minimum Gasteiger partial charge on any atom is -0.306 e. The Morgan fingerprint density at radius 1 is 0.952 bits per heavy atom. The highest BCUT2D eigenvalue weighted by Gasteiger charge is 2.07. The van der Waals surface area contributed by atoms with E-state index in [0.29, 0.717) is 6.54 Å². The van der Waals surface area contributed by atoms with Crippen LogP contribution in [-0.4, -0.2) is 29.4 Å². The van der Waals surface area contributed by atoms with Crippen molar-refractivity contribution in [1.82, 2.24) is 29.4 Å². The van der Waals surface area contributed by atoms with Gasteiger partial charge in [0.15, 0.2) is 5.65 Å². The van der Waals surface area contributed by atoms with Crippen molar-refractivity contribution in [3.63, 3.8) is 0 Å². The molecule has 0 bridgehead atoms. The van der Waals surface area contributed by atoms with Crippen LogP contribution < -0.4 is 0 Å². The van der Waals surface area contributed by atoms with Gasteiger partial charge in [-0.2, -0.15) is 0 Å². The highest BCUT2D eigenvalue weighted by atomic mass is 15.4. The first-order valence-electron chi connectivity index (χ1n) is 6.80. The third-order valence-electron chi connectivity index (χ3n) is 3.46. The smallest absolute Gasteiger partial charge is 0.179 e. The molecule has 0 aliphatic rings. The van der Waals surface area contributed by atoms with Gasteiger partial charge in [-0.25, -0.2) is 14.6 Å². The third-order valence-corrected chi connectivity index (χ3v) is 3.46. The van der Waals surface area contributed by atoms with Crippen LogP contribution in [0.15, 0.2) is 36.7 Å². The van der Waals surface area contributed by atoms with Gasteiger partial charge in [-0.15, -0.1) is 5.10 Å². The van der Waals surface area contributed by atoms with Crippen LogP contribution in [0.2, 0.25) is 0 Å². The Morgan fingerprint density at radius 3 is 2.76 bits per heavy atom. The highest BCUT2D eigenvalue weighted by molar-refractivity contribution is 5.69. The zero-order valence-corrected chi connectivity index (χ0v) is 11.9. The number of hydrogen-bond donors (Lipinski definition) is 0. The normalized spacial score (nSPS) is 11.5. The van der Waals surface area contributed by atoms with E-state index in [1.54, 1.807) is 0 Å². The van der Waals surface area contributed by atoms with Gasteiger partial charge >= 0.3 is 0 Å². The summed E-state index contributed by atoms with van der Waals surface area (Å²) in [6, 6.07) is 7.97. The Bertz CT molecular complexity index is 949. The van der Waals surface area contributed by atoms with Crippen molar-refractivity contribution in [3.8, 4) is 0 Å². The van der Waals surface area contributed by atoms with Crippen molar-refractivity contribution in [3.05, 3.63) is 53.6 Å². The molecule has 6 heteroatoms. The molecular weight excluding hydrogens is 264 g/mol. The maximum atomic E-state index is 4.52. The standard InChI is InChI=1S/C15H14N6/c1-10-3-5-13-15(17-10)21(19-18-13)9-12-4-6-14-16-11(2)7-20(14)8-12/h3-8H,9H2,1-2H3. The Labute approximate surface area is 121 Å². The maximum absolute atomic E-state index is 4.52. The number of nitrogens with zero attached hydrogens (tertiary/aromatic N) is 6. The van der Waals surface area contributed by atoms with Crippen LogP contribution in [0.1, 0.15) is 17.0 Å². The first-order chi connectivity index (χ1) is 10.2. The summed E-state index contributed by atoms with van der Waals surface area (Å²) in [5.74, 6) is 0. The van der Waals surface area contributed by atoms with Crippen LogP contribution >= 0.6 is 0 Å². The molecule has 4 rings (SSSR count). The first kappa shape index (κ1) is 12.0. The first-order valence-corrected chi connectivity index (χ1v) is 6.80. The number of rotatable bonds is 2. The van der Waals surface area contributed by atoms with E-state index >= 15 is 0 Å². The van der Waals surface area contributed by atoms with Crippen LogP contribution in [0.3, 0.4) is 0 Å². The summed E-state index contributed by atoms with van der Waals surface area (Å²) in [7, 11) is 0. The fraction of sp³-hybridized carbons (Fsp3) is 0.200. The second kappa shape index (κ2) is 4.37. The van der Waals surface area contributed by atoms with Crippen LogP contribution in [0.4, 0.5) is 0 Å². The molecule has 0 unspecified atom stereocenters. The molecule has 0 N–H and O–H groups in total. The van der Waals surface area contributed by atoms with Crippen molar-refractivity contribution in [2.24, 2.45) is 0 Å². The number of imidazole rings is 1. The minimum absolute atomic E-state index is 0.639. The molecule has 0 spiro atoms. The van der Waals surface area contributed by atoms with E-state index in [9.17, 15) is 0 Å². The predicted octanol–water partition coefficient (Wildman–Crippen LogP) is 2.14. The molecule has 0 aliphatic heterocycles. The molecule has 4 aromatic rings. The lowest BCUT2D eigenvalue weighted by atomic mass is 10.3. The maximum Gasteiger partial charge on any atom is 0.179 e. The predicted molar refractivity (Wildman–Crippen MR) is 79.1 cm³/mol. The average molecular weight is 278 g/mol. The Hall–Kier alpha value is -2.76. The number of pyridine rings is 2. The highest BCUT2D eigenvalue weighted by Crippen LogP contribution is 2.12. The van der Waals surface area contributed by atoms with Crippen molar-refractivity contribution in [1.29, 1.82) is 0 Å². The third kappa shape index (κ3) is 2.05. The van der Waals surface area contributed by atoms with Crippen LogP contribution in [-0.2, 0) is 6.54 Å². The van der Waals surface area contributed by atoms with E-state index in [-0.39, 0.29) is 0 Å². The van der Waals surface area contributed by atoms with Crippen molar-refractivity contribution in [2.45, 2.75) is 20.4 Å². The molecular formula is C15H14N6. The molecule has 104 valence electrons. The molecule has 0 amide bonds. The molecule has 6 nitrogen and oxygen atoms in total. The second-order valence-corrected chi connectivity index (χ2v) is 5.23. The molecule has 0 fully saturated rings. The Morgan fingerprint density at radius 2 is 1.86 bits per heavy atom. The van der Waals surface area contributed by atoms with Gasteiger partial charge in [0.05, 0.1) is 12.2 Å². The van der Waals surface area contributed by atoms with Crippen LogP contribution in [0, 0.1) is 13.8 Å². The molecule has 0 saturated heterocycles. The summed E-state index contributed by atoms with van der Waals surface area (Å²) < 4.78 is 3.86. The summed E-state index contributed by atoms with van der Waals surface area (Å²) >= 11 is 0. The van der Waals surface area contributed by atoms with Crippen molar-refractivity contribution in [2.75, 3.05) is 0 Å².